The average Bonchev–Trinajstić information content (AvgIpc) is 2.97. The van der Waals surface area contributed by atoms with E-state index in [-0.39, 0.29) is 10.8 Å². The summed E-state index contributed by atoms with van der Waals surface area (Å²) in [7, 11) is -3.78. The van der Waals surface area contributed by atoms with Crippen LogP contribution in [0.2, 0.25) is 5.02 Å². The van der Waals surface area contributed by atoms with Crippen LogP contribution in [0, 0.1) is 0 Å². The van der Waals surface area contributed by atoms with E-state index in [9.17, 15) is 13.2 Å². The Kier molecular flexibility index (Phi) is 5.97. The third-order valence-electron chi connectivity index (χ3n) is 5.03. The highest BCUT2D eigenvalue weighted by molar-refractivity contribution is 7.90. The molecule has 2 heterocycles. The molecule has 0 radical (unpaired) electrons. The Balaban J connectivity index is 1.44. The quantitative estimate of drug-likeness (QED) is 0.749. The molecule has 1 unspecified atom stereocenters. The van der Waals surface area contributed by atoms with Crippen LogP contribution in [0.25, 0.3) is 0 Å². The zero-order chi connectivity index (χ0) is 21.1. The Morgan fingerprint density at radius 2 is 2.00 bits per heavy atom. The van der Waals surface area contributed by atoms with Crippen molar-refractivity contribution in [2.45, 2.75) is 43.1 Å². The van der Waals surface area contributed by atoms with E-state index in [0.29, 0.717) is 41.7 Å². The zero-order valence-electron chi connectivity index (χ0n) is 16.2. The number of amidine groups is 1. The van der Waals surface area contributed by atoms with Gasteiger partial charge in [0.05, 0.1) is 4.90 Å². The fourth-order valence-electron chi connectivity index (χ4n) is 3.50. The van der Waals surface area contributed by atoms with Crippen molar-refractivity contribution in [2.75, 3.05) is 11.9 Å². The van der Waals surface area contributed by atoms with E-state index < -0.39 is 16.1 Å². The molecule has 2 aliphatic rings. The molecule has 2 aromatic carbocycles. The largest absolute Gasteiger partial charge is 0.480 e. The van der Waals surface area contributed by atoms with Crippen LogP contribution in [0.1, 0.15) is 31.2 Å². The highest BCUT2D eigenvalue weighted by Crippen LogP contribution is 2.31. The first-order valence-electron chi connectivity index (χ1n) is 9.83. The van der Waals surface area contributed by atoms with E-state index in [2.05, 4.69) is 15.0 Å². The van der Waals surface area contributed by atoms with Crippen LogP contribution in [-0.2, 0) is 21.2 Å². The minimum atomic E-state index is -3.78. The lowest BCUT2D eigenvalue weighted by molar-refractivity contribution is -0.122. The Morgan fingerprint density at radius 1 is 1.13 bits per heavy atom. The van der Waals surface area contributed by atoms with Gasteiger partial charge >= 0.3 is 0 Å². The Hall–Kier alpha value is -2.58. The number of nitrogens with one attached hydrogen (secondary N) is 2. The van der Waals surface area contributed by atoms with Gasteiger partial charge in [0.15, 0.2) is 6.10 Å². The zero-order valence-corrected chi connectivity index (χ0v) is 17.8. The maximum Gasteiger partial charge on any atom is 0.265 e. The molecule has 2 aromatic rings. The number of hydrogen-bond donors (Lipinski definition) is 2. The number of hydrogen-bond acceptors (Lipinski definition) is 5. The first kappa shape index (κ1) is 20.7. The predicted octanol–water partition coefficient (Wildman–Crippen LogP) is 3.53. The number of benzene rings is 2. The van der Waals surface area contributed by atoms with Crippen molar-refractivity contribution >= 4 is 39.1 Å². The van der Waals surface area contributed by atoms with Crippen LogP contribution in [0.5, 0.6) is 5.75 Å². The summed E-state index contributed by atoms with van der Waals surface area (Å²) in [6.07, 6.45) is 3.23. The van der Waals surface area contributed by atoms with E-state index in [1.165, 1.54) is 12.1 Å². The predicted molar refractivity (Wildman–Crippen MR) is 116 cm³/mol. The monoisotopic (exact) mass is 447 g/mol. The minimum absolute atomic E-state index is 0.0645. The highest BCUT2D eigenvalue weighted by atomic mass is 35.5. The molecule has 2 aliphatic heterocycles. The molecule has 0 saturated heterocycles. The van der Waals surface area contributed by atoms with Crippen molar-refractivity contribution in [3.63, 3.8) is 0 Å². The van der Waals surface area contributed by atoms with Crippen molar-refractivity contribution in [1.82, 2.24) is 4.72 Å². The lowest BCUT2D eigenvalue weighted by Gasteiger charge is -2.13. The molecule has 0 bridgehead atoms. The molecule has 0 spiro atoms. The summed E-state index contributed by atoms with van der Waals surface area (Å²) in [5.41, 5.74) is 1.25. The van der Waals surface area contributed by atoms with Crippen molar-refractivity contribution in [3.8, 4) is 5.75 Å². The number of amides is 1. The maximum absolute atomic E-state index is 12.7. The van der Waals surface area contributed by atoms with Crippen LogP contribution in [0.3, 0.4) is 0 Å². The van der Waals surface area contributed by atoms with Gasteiger partial charge in [-0.25, -0.2) is 8.42 Å². The van der Waals surface area contributed by atoms with Gasteiger partial charge in [0.1, 0.15) is 11.6 Å². The number of aliphatic imine (C=N–C) groups is 1. The van der Waals surface area contributed by atoms with Crippen molar-refractivity contribution in [3.05, 3.63) is 53.1 Å². The van der Waals surface area contributed by atoms with Gasteiger partial charge in [-0.05, 0) is 54.8 Å². The standard InChI is InChI=1S/C21H22ClN3O4S/c22-15-8-9-18-14(11-15)12-19(29-18)21(26)24-16-5-4-6-17(13-16)30(27,28)25-20-7-2-1-3-10-23-20/h4-6,8-9,11,13,19H,1-3,7,10,12H2,(H,23,25)(H,24,26). The fourth-order valence-corrected chi connectivity index (χ4v) is 4.83. The molecule has 0 fully saturated rings. The van der Waals surface area contributed by atoms with Crippen molar-refractivity contribution in [2.24, 2.45) is 4.99 Å². The summed E-state index contributed by atoms with van der Waals surface area (Å²) in [5.74, 6) is 0.764. The summed E-state index contributed by atoms with van der Waals surface area (Å²) in [4.78, 5) is 17.0. The van der Waals surface area contributed by atoms with E-state index in [0.717, 1.165) is 24.8 Å². The van der Waals surface area contributed by atoms with Crippen molar-refractivity contribution < 1.29 is 17.9 Å². The number of anilines is 1. The van der Waals surface area contributed by atoms with Crippen LogP contribution in [0.15, 0.2) is 52.4 Å². The number of fused-ring (bicyclic) bond motifs is 1. The number of ether oxygens (including phenoxy) is 1. The van der Waals surface area contributed by atoms with E-state index in [1.807, 2.05) is 0 Å². The van der Waals surface area contributed by atoms with Gasteiger partial charge in [-0.3, -0.25) is 14.5 Å². The van der Waals surface area contributed by atoms with E-state index >= 15 is 0 Å². The molecule has 0 saturated carbocycles. The van der Waals surface area contributed by atoms with Gasteiger partial charge in [0, 0.05) is 30.1 Å². The third-order valence-corrected chi connectivity index (χ3v) is 6.64. The Bertz CT molecular complexity index is 1100. The molecule has 2 N–H and O–H groups in total. The SMILES string of the molecule is O=C(Nc1cccc(S(=O)(=O)NC2=NCCCCC2)c1)C1Cc2cc(Cl)ccc2O1. The second-order valence-corrected chi connectivity index (χ2v) is 9.44. The lowest BCUT2D eigenvalue weighted by atomic mass is 10.1. The van der Waals surface area contributed by atoms with Gasteiger partial charge in [-0.1, -0.05) is 24.1 Å². The number of carbonyl (C=O) groups is 1. The summed E-state index contributed by atoms with van der Waals surface area (Å²) in [6, 6.07) is 11.4. The van der Waals surface area contributed by atoms with Crippen LogP contribution in [0.4, 0.5) is 5.69 Å². The van der Waals surface area contributed by atoms with Crippen molar-refractivity contribution in [1.29, 1.82) is 0 Å². The highest BCUT2D eigenvalue weighted by Gasteiger charge is 2.29. The molecule has 1 amide bonds. The number of carbonyl (C=O) groups excluding carboxylic acids is 1. The molecule has 4 rings (SSSR count). The summed E-state index contributed by atoms with van der Waals surface area (Å²) in [6.45, 7) is 0.628. The Morgan fingerprint density at radius 3 is 2.87 bits per heavy atom. The van der Waals surface area contributed by atoms with Crippen LogP contribution < -0.4 is 14.8 Å². The summed E-state index contributed by atoms with van der Waals surface area (Å²) < 4.78 is 33.8. The minimum Gasteiger partial charge on any atom is -0.480 e. The summed E-state index contributed by atoms with van der Waals surface area (Å²) in [5, 5.41) is 3.33. The number of nitrogens with zero attached hydrogens (tertiary/aromatic N) is 1. The normalized spacial score (nSPS) is 18.6. The first-order valence-corrected chi connectivity index (χ1v) is 11.7. The molecular weight excluding hydrogens is 426 g/mol. The smallest absolute Gasteiger partial charge is 0.265 e. The molecule has 0 aliphatic carbocycles. The number of rotatable bonds is 4. The second kappa shape index (κ2) is 8.65. The second-order valence-electron chi connectivity index (χ2n) is 7.32. The molecular formula is C21H22ClN3O4S. The van der Waals surface area contributed by atoms with Gasteiger partial charge in [0.25, 0.3) is 15.9 Å². The van der Waals surface area contributed by atoms with Crippen LogP contribution in [-0.4, -0.2) is 32.8 Å². The topological polar surface area (TPSA) is 96.9 Å². The summed E-state index contributed by atoms with van der Waals surface area (Å²) >= 11 is 5.99. The van der Waals surface area contributed by atoms with Gasteiger partial charge in [0.2, 0.25) is 0 Å². The molecule has 158 valence electrons. The molecule has 9 heteroatoms. The first-order chi connectivity index (χ1) is 14.4. The average molecular weight is 448 g/mol. The fraction of sp³-hybridized carbons (Fsp3) is 0.333. The lowest BCUT2D eigenvalue weighted by Crippen LogP contribution is -2.32. The molecule has 0 aromatic heterocycles. The van der Waals surface area contributed by atoms with E-state index in [1.54, 1.807) is 30.3 Å². The molecule has 7 nitrogen and oxygen atoms in total. The molecule has 30 heavy (non-hydrogen) atoms. The van der Waals surface area contributed by atoms with Gasteiger partial charge < -0.3 is 10.1 Å². The van der Waals surface area contributed by atoms with E-state index in [4.69, 9.17) is 16.3 Å². The molecule has 1 atom stereocenters. The Labute approximate surface area is 180 Å². The third kappa shape index (κ3) is 4.76. The number of halogens is 1. The van der Waals surface area contributed by atoms with Gasteiger partial charge in [-0.15, -0.1) is 0 Å². The van der Waals surface area contributed by atoms with Gasteiger partial charge in [-0.2, -0.15) is 0 Å². The maximum atomic E-state index is 12.7. The number of sulfonamides is 1. The van der Waals surface area contributed by atoms with Crippen LogP contribution >= 0.6 is 11.6 Å².